The summed E-state index contributed by atoms with van der Waals surface area (Å²) in [7, 11) is 2.20. The monoisotopic (exact) mass is 700 g/mol. The third-order valence-electron chi connectivity index (χ3n) is 8.52. The smallest absolute Gasteiger partial charge is 0.330 e. The number of esters is 3. The van der Waals surface area contributed by atoms with Crippen LogP contribution in [0, 0.1) is 5.41 Å². The number of rotatable bonds is 16. The van der Waals surface area contributed by atoms with Gasteiger partial charge in [0.25, 0.3) is 0 Å². The number of carbonyl (C=O) groups excluding carboxylic acids is 3. The Morgan fingerprint density at radius 2 is 1.52 bits per heavy atom. The van der Waals surface area contributed by atoms with E-state index in [-0.39, 0.29) is 31.0 Å². The molecule has 10 heteroatoms. The number of methoxy groups -OCH3 is 3. The second kappa shape index (κ2) is 24.8. The van der Waals surface area contributed by atoms with Gasteiger partial charge in [0.1, 0.15) is 0 Å². The minimum absolute atomic E-state index is 0. The lowest BCUT2D eigenvalue weighted by atomic mass is 9.75. The Bertz CT molecular complexity index is 981. The van der Waals surface area contributed by atoms with Crippen LogP contribution in [0.2, 0.25) is 18.1 Å². The summed E-state index contributed by atoms with van der Waals surface area (Å²) in [6, 6.07) is 0. The van der Waals surface area contributed by atoms with Crippen LogP contribution in [0.4, 0.5) is 0 Å². The molecule has 1 heterocycles. The van der Waals surface area contributed by atoms with E-state index in [1.54, 1.807) is 19.1 Å². The van der Waals surface area contributed by atoms with Crippen molar-refractivity contribution < 1.29 is 42.5 Å². The molecule has 0 aromatic carbocycles. The predicted molar refractivity (Wildman–Crippen MR) is 199 cm³/mol. The average molecular weight is 701 g/mol. The van der Waals surface area contributed by atoms with Crippen LogP contribution in [0.3, 0.4) is 0 Å². The van der Waals surface area contributed by atoms with Crippen molar-refractivity contribution in [1.29, 1.82) is 0 Å². The van der Waals surface area contributed by atoms with Crippen molar-refractivity contribution in [3.05, 3.63) is 37.0 Å². The fourth-order valence-electron chi connectivity index (χ4n) is 4.59. The Balaban J connectivity index is -0.00000113. The standard InChI is InChI=1S/C25H44O7Si.C9H18O2.C3H6.CH4/c1-12-14-19-15-18(16-21(27)28-8)22(31-20(26)13-2)25(29-9,32-19)24(6,7)17-30-33(10,11)23(3,4)5;1-3-4-5-6-7-8-9(10)11-2;1-3-2;/h12,16,19,22H,1,13-15,17H2,2-11H3;3-8H2,1-2H3;3H,1H2,2H3;1H4/b18-16+;;;/t19-,22+,25-;;;/m1.../s1. The van der Waals surface area contributed by atoms with E-state index in [2.05, 4.69) is 58.7 Å². The van der Waals surface area contributed by atoms with Crippen LogP contribution in [0.15, 0.2) is 37.0 Å². The van der Waals surface area contributed by atoms with Gasteiger partial charge in [0.2, 0.25) is 5.79 Å². The molecule has 0 bridgehead atoms. The summed E-state index contributed by atoms with van der Waals surface area (Å²) in [5.41, 5.74) is -0.158. The highest BCUT2D eigenvalue weighted by atomic mass is 28.4. The molecule has 48 heavy (non-hydrogen) atoms. The van der Waals surface area contributed by atoms with Gasteiger partial charge in [0.15, 0.2) is 14.4 Å². The summed E-state index contributed by atoms with van der Waals surface area (Å²) >= 11 is 0. The van der Waals surface area contributed by atoms with Gasteiger partial charge in [0.05, 0.1) is 20.3 Å². The molecule has 1 saturated heterocycles. The van der Waals surface area contributed by atoms with Crippen molar-refractivity contribution in [3.63, 3.8) is 0 Å². The molecule has 1 fully saturated rings. The first-order valence-corrected chi connectivity index (χ1v) is 19.8. The maximum atomic E-state index is 12.5. The van der Waals surface area contributed by atoms with E-state index in [1.807, 2.05) is 20.8 Å². The van der Waals surface area contributed by atoms with E-state index in [0.29, 0.717) is 31.4 Å². The number of hydrogen-bond donors (Lipinski definition) is 0. The van der Waals surface area contributed by atoms with E-state index in [1.165, 1.54) is 46.7 Å². The molecule has 0 radical (unpaired) electrons. The van der Waals surface area contributed by atoms with Crippen LogP contribution >= 0.6 is 0 Å². The molecule has 282 valence electrons. The lowest BCUT2D eigenvalue weighted by Gasteiger charge is -2.54. The van der Waals surface area contributed by atoms with Crippen LogP contribution < -0.4 is 0 Å². The summed E-state index contributed by atoms with van der Waals surface area (Å²) in [5.74, 6) is -2.40. The van der Waals surface area contributed by atoms with Gasteiger partial charge in [-0.1, -0.05) is 93.7 Å². The van der Waals surface area contributed by atoms with Crippen molar-refractivity contribution in [3.8, 4) is 0 Å². The van der Waals surface area contributed by atoms with Crippen molar-refractivity contribution in [2.75, 3.05) is 27.9 Å². The first kappa shape index (κ1) is 50.1. The molecular weight excluding hydrogens is 628 g/mol. The second-order valence-corrected chi connectivity index (χ2v) is 18.7. The van der Waals surface area contributed by atoms with Crippen molar-refractivity contribution in [1.82, 2.24) is 0 Å². The Kier molecular flexibility index (Phi) is 25.9. The van der Waals surface area contributed by atoms with Crippen LogP contribution in [-0.4, -0.2) is 72.2 Å². The molecule has 1 aliphatic rings. The summed E-state index contributed by atoms with van der Waals surface area (Å²) in [6.07, 6.45) is 11.2. The summed E-state index contributed by atoms with van der Waals surface area (Å²) < 4.78 is 34.5. The van der Waals surface area contributed by atoms with Crippen LogP contribution in [0.5, 0.6) is 0 Å². The summed E-state index contributed by atoms with van der Waals surface area (Å²) in [4.78, 5) is 35.3. The first-order valence-electron chi connectivity index (χ1n) is 16.9. The molecular formula is C38H72O9Si. The Labute approximate surface area is 295 Å². The van der Waals surface area contributed by atoms with Gasteiger partial charge in [-0.3, -0.25) is 9.59 Å². The van der Waals surface area contributed by atoms with Crippen molar-refractivity contribution in [2.24, 2.45) is 5.41 Å². The number of allylic oxidation sites excluding steroid dienone is 1. The topological polar surface area (TPSA) is 107 Å². The molecule has 1 rings (SSSR count). The fourth-order valence-corrected chi connectivity index (χ4v) is 5.75. The normalized spacial score (nSPS) is 20.1. The highest BCUT2D eigenvalue weighted by molar-refractivity contribution is 6.74. The first-order chi connectivity index (χ1) is 21.8. The molecule has 9 nitrogen and oxygen atoms in total. The third kappa shape index (κ3) is 16.9. The van der Waals surface area contributed by atoms with Crippen LogP contribution in [-0.2, 0) is 42.5 Å². The third-order valence-corrected chi connectivity index (χ3v) is 13.0. The lowest BCUT2D eigenvalue weighted by molar-refractivity contribution is -0.348. The van der Waals surface area contributed by atoms with Gasteiger partial charge >= 0.3 is 17.9 Å². The average Bonchev–Trinajstić information content (AvgIpc) is 3.00. The Morgan fingerprint density at radius 3 is 1.96 bits per heavy atom. The lowest BCUT2D eigenvalue weighted by Crippen LogP contribution is -2.65. The number of ether oxygens (including phenoxy) is 5. The van der Waals surface area contributed by atoms with Gasteiger partial charge in [-0.15, -0.1) is 13.2 Å². The zero-order chi connectivity index (χ0) is 36.9. The number of carbonyl (C=O) groups is 3. The van der Waals surface area contributed by atoms with Crippen molar-refractivity contribution in [2.45, 2.75) is 157 Å². The highest BCUT2D eigenvalue weighted by Crippen LogP contribution is 2.49. The molecule has 0 aliphatic carbocycles. The van der Waals surface area contributed by atoms with Crippen molar-refractivity contribution >= 4 is 26.2 Å². The molecule has 0 saturated carbocycles. The molecule has 1 aliphatic heterocycles. The fraction of sp³-hybridized carbons (Fsp3) is 0.763. The van der Waals surface area contributed by atoms with E-state index in [0.717, 1.165) is 12.8 Å². The van der Waals surface area contributed by atoms with Crippen LogP contribution in [0.1, 0.15) is 121 Å². The maximum absolute atomic E-state index is 12.5. The second-order valence-electron chi connectivity index (χ2n) is 13.9. The van der Waals surface area contributed by atoms with Gasteiger partial charge < -0.3 is 28.1 Å². The van der Waals surface area contributed by atoms with Gasteiger partial charge in [-0.25, -0.2) is 4.79 Å². The van der Waals surface area contributed by atoms with E-state index >= 15 is 0 Å². The molecule has 0 N–H and O–H groups in total. The maximum Gasteiger partial charge on any atom is 0.330 e. The predicted octanol–water partition coefficient (Wildman–Crippen LogP) is 9.51. The molecule has 0 aromatic heterocycles. The number of unbranched alkanes of at least 4 members (excludes halogenated alkanes) is 4. The van der Waals surface area contributed by atoms with Gasteiger partial charge in [-0.2, -0.15) is 0 Å². The Morgan fingerprint density at radius 1 is 0.958 bits per heavy atom. The zero-order valence-electron chi connectivity index (χ0n) is 32.0. The highest BCUT2D eigenvalue weighted by Gasteiger charge is 2.60. The minimum atomic E-state index is -2.09. The Hall–Kier alpha value is -2.27. The van der Waals surface area contributed by atoms with Gasteiger partial charge in [0, 0.05) is 38.0 Å². The van der Waals surface area contributed by atoms with E-state index < -0.39 is 37.6 Å². The molecule has 0 amide bonds. The minimum Gasteiger partial charge on any atom is -0.469 e. The van der Waals surface area contributed by atoms with Crippen LogP contribution in [0.25, 0.3) is 0 Å². The molecule has 0 spiro atoms. The molecule has 3 atom stereocenters. The van der Waals surface area contributed by atoms with E-state index in [4.69, 9.17) is 23.4 Å². The zero-order valence-corrected chi connectivity index (χ0v) is 33.0. The van der Waals surface area contributed by atoms with Gasteiger partial charge in [-0.05, 0) is 49.9 Å². The largest absolute Gasteiger partial charge is 0.469 e. The number of hydrogen-bond acceptors (Lipinski definition) is 9. The van der Waals surface area contributed by atoms with E-state index in [9.17, 15) is 14.4 Å². The molecule has 0 aromatic rings. The quantitative estimate of drug-likeness (QED) is 0.0389. The summed E-state index contributed by atoms with van der Waals surface area (Å²) in [6.45, 7) is 28.2. The summed E-state index contributed by atoms with van der Waals surface area (Å²) in [5, 5.41) is 0.0200. The molecule has 0 unspecified atom stereocenters. The SMILES string of the molecule is C.C=CC.C=CC[C@@H]1C/C(=C\C(=O)OC)[C@H](OC(=O)CC)[C@](OC)(C(C)(C)CO[Si](C)(C)C(C)(C)C)O1.CCCCCCCC(=O)OC.